The van der Waals surface area contributed by atoms with E-state index in [1.807, 2.05) is 0 Å². The lowest BCUT2D eigenvalue weighted by atomic mass is 9.89. The third-order valence-electron chi connectivity index (χ3n) is 2.99. The summed E-state index contributed by atoms with van der Waals surface area (Å²) in [5.74, 6) is 1.31. The topological polar surface area (TPSA) is 33.1 Å². The summed E-state index contributed by atoms with van der Waals surface area (Å²) in [5.41, 5.74) is 0.426. The zero-order valence-electron chi connectivity index (χ0n) is 10.7. The summed E-state index contributed by atoms with van der Waals surface area (Å²) in [5, 5.41) is 9.51. The third-order valence-corrected chi connectivity index (χ3v) is 3.96. The highest BCUT2D eigenvalue weighted by molar-refractivity contribution is 7.80. The molecule has 5 heteroatoms. The first-order valence-electron chi connectivity index (χ1n) is 6.14. The first-order valence-corrected chi connectivity index (χ1v) is 7.43. The van der Waals surface area contributed by atoms with Gasteiger partial charge in [0.25, 0.3) is 0 Å². The van der Waals surface area contributed by atoms with Crippen LogP contribution in [0.2, 0.25) is 0 Å². The molecule has 2 unspecified atom stereocenters. The van der Waals surface area contributed by atoms with Crippen molar-refractivity contribution in [2.24, 2.45) is 11.8 Å². The molecule has 1 N–H and O–H groups in total. The van der Waals surface area contributed by atoms with Crippen molar-refractivity contribution in [3.63, 3.8) is 0 Å². The van der Waals surface area contributed by atoms with Crippen LogP contribution in [-0.2, 0) is 4.74 Å². The molecule has 0 saturated heterocycles. The van der Waals surface area contributed by atoms with E-state index in [1.165, 1.54) is 5.37 Å². The van der Waals surface area contributed by atoms with Crippen LogP contribution in [0, 0.1) is 17.2 Å². The Hall–Kier alpha value is -0.120. The van der Waals surface area contributed by atoms with Gasteiger partial charge in [0.1, 0.15) is 5.76 Å². The average Bonchev–Trinajstić information content (AvgIpc) is 2.31. The van der Waals surface area contributed by atoms with E-state index in [-0.39, 0.29) is 11.3 Å². The molecule has 0 spiro atoms. The van der Waals surface area contributed by atoms with Gasteiger partial charge in [-0.1, -0.05) is 37.7 Å². The molecule has 0 bridgehead atoms. The Labute approximate surface area is 124 Å². The summed E-state index contributed by atoms with van der Waals surface area (Å²) in [4.78, 5) is 0. The molecule has 0 fully saturated rings. The average molecular weight is 308 g/mol. The summed E-state index contributed by atoms with van der Waals surface area (Å²) in [7, 11) is 0. The van der Waals surface area contributed by atoms with Crippen LogP contribution in [0.25, 0.3) is 0 Å². The Balaban J connectivity index is 2.62. The van der Waals surface area contributed by atoms with Crippen LogP contribution in [-0.4, -0.2) is 23.1 Å². The molecule has 2 atom stereocenters. The van der Waals surface area contributed by atoms with Gasteiger partial charge in [-0.05, 0) is 25.2 Å². The van der Waals surface area contributed by atoms with Gasteiger partial charge in [0.2, 0.25) is 0 Å². The molecule has 0 aromatic carbocycles. The van der Waals surface area contributed by atoms with E-state index < -0.39 is 0 Å². The van der Waals surface area contributed by atoms with Gasteiger partial charge in [-0.15, -0.1) is 11.6 Å². The van der Waals surface area contributed by atoms with Crippen molar-refractivity contribution >= 4 is 46.5 Å². The SMILES string of the molecule is CC(C)CCOC1=C(Cl)CC(C(=N)C=S)CC1Cl. The highest BCUT2D eigenvalue weighted by Gasteiger charge is 2.30. The summed E-state index contributed by atoms with van der Waals surface area (Å²) >= 11 is 17.3. The fraction of sp³-hybridized carbons (Fsp3) is 0.692. The van der Waals surface area contributed by atoms with Crippen LogP contribution in [0.5, 0.6) is 0 Å². The quantitative estimate of drug-likeness (QED) is 0.444. The summed E-state index contributed by atoms with van der Waals surface area (Å²) in [6, 6.07) is 0. The predicted molar refractivity (Wildman–Crippen MR) is 82.0 cm³/mol. The third kappa shape index (κ3) is 4.52. The van der Waals surface area contributed by atoms with Crippen molar-refractivity contribution in [2.75, 3.05) is 6.61 Å². The number of thiocarbonyl (C=S) groups is 1. The van der Waals surface area contributed by atoms with Crippen molar-refractivity contribution in [3.8, 4) is 0 Å². The number of allylic oxidation sites excluding steroid dienone is 2. The Morgan fingerprint density at radius 3 is 2.78 bits per heavy atom. The minimum Gasteiger partial charge on any atom is -0.495 e. The zero-order chi connectivity index (χ0) is 13.7. The van der Waals surface area contributed by atoms with Crippen LogP contribution in [0.15, 0.2) is 10.8 Å². The molecule has 0 saturated carbocycles. The molecular weight excluding hydrogens is 289 g/mol. The number of ether oxygens (including phenoxy) is 1. The van der Waals surface area contributed by atoms with Gasteiger partial charge in [0.05, 0.1) is 17.0 Å². The Bertz CT molecular complexity index is 355. The van der Waals surface area contributed by atoms with Crippen molar-refractivity contribution < 1.29 is 4.74 Å². The molecule has 1 rings (SSSR count). The van der Waals surface area contributed by atoms with E-state index >= 15 is 0 Å². The number of alkyl halides is 1. The monoisotopic (exact) mass is 307 g/mol. The molecule has 0 radical (unpaired) electrons. The molecule has 0 heterocycles. The van der Waals surface area contributed by atoms with Crippen LogP contribution < -0.4 is 0 Å². The second kappa shape index (κ2) is 7.46. The number of hydrogen-bond donors (Lipinski definition) is 1. The summed E-state index contributed by atoms with van der Waals surface area (Å²) in [6.45, 7) is 4.94. The standard InChI is InChI=1S/C13H19Cl2NOS/c1-8(2)3-4-17-13-10(14)5-9(6-11(13)15)12(16)7-18/h7-10,16H,3-6H2,1-2H3. The van der Waals surface area contributed by atoms with E-state index in [9.17, 15) is 0 Å². The smallest absolute Gasteiger partial charge is 0.128 e. The van der Waals surface area contributed by atoms with Gasteiger partial charge in [-0.25, -0.2) is 0 Å². The molecule has 0 amide bonds. The fourth-order valence-corrected chi connectivity index (χ4v) is 2.86. The maximum Gasteiger partial charge on any atom is 0.128 e. The molecule has 0 aromatic heterocycles. The van der Waals surface area contributed by atoms with Gasteiger partial charge in [-0.2, -0.15) is 0 Å². The normalized spacial score (nSPS) is 24.3. The largest absolute Gasteiger partial charge is 0.495 e. The van der Waals surface area contributed by atoms with Crippen LogP contribution in [0.3, 0.4) is 0 Å². The molecule has 0 aliphatic heterocycles. The zero-order valence-corrected chi connectivity index (χ0v) is 13.0. The van der Waals surface area contributed by atoms with Crippen LogP contribution >= 0.6 is 35.4 Å². The van der Waals surface area contributed by atoms with Gasteiger partial charge in [-0.3, -0.25) is 0 Å². The Morgan fingerprint density at radius 1 is 1.61 bits per heavy atom. The van der Waals surface area contributed by atoms with E-state index in [2.05, 4.69) is 13.8 Å². The highest BCUT2D eigenvalue weighted by atomic mass is 35.5. The fourth-order valence-electron chi connectivity index (χ4n) is 1.83. The first kappa shape index (κ1) is 15.9. The summed E-state index contributed by atoms with van der Waals surface area (Å²) in [6.07, 6.45) is 2.25. The summed E-state index contributed by atoms with van der Waals surface area (Å²) < 4.78 is 5.69. The highest BCUT2D eigenvalue weighted by Crippen LogP contribution is 2.36. The number of rotatable bonds is 6. The first-order chi connectivity index (χ1) is 8.45. The number of nitrogens with one attached hydrogen (secondary N) is 1. The molecule has 102 valence electrons. The predicted octanol–water partition coefficient (Wildman–Crippen LogP) is 4.54. The van der Waals surface area contributed by atoms with Gasteiger partial charge in [0.15, 0.2) is 0 Å². The van der Waals surface area contributed by atoms with E-state index in [0.29, 0.717) is 41.9 Å². The molecular formula is C13H19Cl2NOS. The maximum atomic E-state index is 7.73. The Kier molecular flexibility index (Phi) is 6.61. The van der Waals surface area contributed by atoms with E-state index in [4.69, 9.17) is 45.6 Å². The van der Waals surface area contributed by atoms with Gasteiger partial charge < -0.3 is 10.1 Å². The van der Waals surface area contributed by atoms with E-state index in [0.717, 1.165) is 6.42 Å². The Morgan fingerprint density at radius 2 is 2.28 bits per heavy atom. The van der Waals surface area contributed by atoms with Crippen molar-refractivity contribution in [1.82, 2.24) is 0 Å². The maximum absolute atomic E-state index is 7.73. The lowest BCUT2D eigenvalue weighted by Gasteiger charge is -2.28. The van der Waals surface area contributed by atoms with Gasteiger partial charge >= 0.3 is 0 Å². The van der Waals surface area contributed by atoms with E-state index in [1.54, 1.807) is 0 Å². The molecule has 2 nitrogen and oxygen atoms in total. The van der Waals surface area contributed by atoms with Crippen LogP contribution in [0.4, 0.5) is 0 Å². The van der Waals surface area contributed by atoms with Crippen molar-refractivity contribution in [1.29, 1.82) is 5.41 Å². The second-order valence-corrected chi connectivity index (χ2v) is 6.20. The molecule has 1 aliphatic rings. The lowest BCUT2D eigenvalue weighted by Crippen LogP contribution is -2.26. The lowest BCUT2D eigenvalue weighted by molar-refractivity contribution is 0.178. The molecule has 0 aromatic rings. The van der Waals surface area contributed by atoms with Gasteiger partial charge in [0, 0.05) is 17.0 Å². The van der Waals surface area contributed by atoms with Crippen LogP contribution in [0.1, 0.15) is 33.1 Å². The minimum atomic E-state index is -0.251. The minimum absolute atomic E-state index is 0.0231. The number of halogens is 2. The molecule has 1 aliphatic carbocycles. The second-order valence-electron chi connectivity index (χ2n) is 4.98. The van der Waals surface area contributed by atoms with Crippen molar-refractivity contribution in [2.45, 2.75) is 38.5 Å². The van der Waals surface area contributed by atoms with Crippen molar-refractivity contribution in [3.05, 3.63) is 10.8 Å². The number of hydrogen-bond acceptors (Lipinski definition) is 3. The molecule has 18 heavy (non-hydrogen) atoms.